The van der Waals surface area contributed by atoms with E-state index < -0.39 is 23.2 Å². The number of halogens is 1. The lowest BCUT2D eigenvalue weighted by atomic mass is 10.2. The first-order valence-corrected chi connectivity index (χ1v) is 5.15. The molecule has 1 aromatic rings. The highest BCUT2D eigenvalue weighted by Crippen LogP contribution is 2.11. The molecule has 96 valence electrons. The number of aliphatic hydroxyl groups excluding tert-OH is 1. The number of allylic oxidation sites excluding steroid dienone is 1. The number of pyridine rings is 1. The molecule has 0 aliphatic carbocycles. The number of nitrogens with zero attached hydrogens (tertiary/aromatic N) is 2. The van der Waals surface area contributed by atoms with E-state index in [9.17, 15) is 14.3 Å². The minimum absolute atomic E-state index is 0.111. The van der Waals surface area contributed by atoms with E-state index in [1.165, 1.54) is 12.1 Å². The van der Waals surface area contributed by atoms with Crippen LogP contribution in [-0.4, -0.2) is 22.7 Å². The summed E-state index contributed by atoms with van der Waals surface area (Å²) in [6.07, 6.45) is 0.862. The van der Waals surface area contributed by atoms with E-state index in [1.54, 1.807) is 6.92 Å². The van der Waals surface area contributed by atoms with Gasteiger partial charge in [0.1, 0.15) is 11.6 Å². The van der Waals surface area contributed by atoms with Gasteiger partial charge in [-0.3, -0.25) is 4.98 Å². The van der Waals surface area contributed by atoms with Crippen molar-refractivity contribution in [2.24, 2.45) is 5.11 Å². The molecule has 0 aliphatic rings. The molecule has 0 amide bonds. The van der Waals surface area contributed by atoms with Crippen LogP contribution in [0.15, 0.2) is 34.9 Å². The lowest BCUT2D eigenvalue weighted by molar-refractivity contribution is -0.138. The third-order valence-electron chi connectivity index (χ3n) is 1.99. The number of rotatable bonds is 5. The van der Waals surface area contributed by atoms with Gasteiger partial charge in [-0.05, 0) is 19.1 Å². The van der Waals surface area contributed by atoms with Crippen LogP contribution in [0.4, 0.5) is 4.39 Å². The summed E-state index contributed by atoms with van der Waals surface area (Å²) in [5.74, 6) is -1.83. The van der Waals surface area contributed by atoms with E-state index >= 15 is 0 Å². The number of aromatic nitrogens is 1. The molecule has 0 spiro atoms. The van der Waals surface area contributed by atoms with Crippen LogP contribution in [0.2, 0.25) is 0 Å². The van der Waals surface area contributed by atoms with Crippen LogP contribution in [0.1, 0.15) is 12.6 Å². The van der Waals surface area contributed by atoms with E-state index in [2.05, 4.69) is 14.8 Å². The summed E-state index contributed by atoms with van der Waals surface area (Å²) in [6.45, 7) is 1.71. The van der Waals surface area contributed by atoms with Gasteiger partial charge in [-0.25, -0.2) is 14.7 Å². The maximum atomic E-state index is 12.6. The van der Waals surface area contributed by atoms with Crippen molar-refractivity contribution in [1.82, 2.24) is 4.98 Å². The molecular weight excluding hydrogens is 241 g/mol. The number of hydrogen-bond acceptors (Lipinski definition) is 6. The third-order valence-corrected chi connectivity index (χ3v) is 1.99. The molecule has 1 aromatic heterocycles. The maximum absolute atomic E-state index is 12.6. The quantitative estimate of drug-likeness (QED) is 0.363. The Labute approximate surface area is 103 Å². The van der Waals surface area contributed by atoms with Gasteiger partial charge in [-0.2, -0.15) is 0 Å². The van der Waals surface area contributed by atoms with Crippen LogP contribution in [0.3, 0.4) is 0 Å². The normalized spacial score (nSPS) is 11.7. The van der Waals surface area contributed by atoms with Crippen molar-refractivity contribution in [2.45, 2.75) is 13.3 Å². The summed E-state index contributed by atoms with van der Waals surface area (Å²) < 4.78 is 17.2. The molecule has 1 heterocycles. The highest BCUT2D eigenvalue weighted by atomic mass is 19.1. The Balaban J connectivity index is 2.89. The molecule has 7 heteroatoms. The first kappa shape index (κ1) is 13.8. The molecule has 6 nitrogen and oxygen atoms in total. The van der Waals surface area contributed by atoms with Gasteiger partial charge in [0.15, 0.2) is 0 Å². The number of esters is 1. The van der Waals surface area contributed by atoms with Crippen LogP contribution in [0.5, 0.6) is 0 Å². The van der Waals surface area contributed by atoms with E-state index in [-0.39, 0.29) is 13.0 Å². The number of nitrogens with one attached hydrogen (secondary N) is 1. The molecule has 0 radical (unpaired) electrons. The lowest BCUT2D eigenvalue weighted by Crippen LogP contribution is -2.10. The van der Waals surface area contributed by atoms with E-state index in [0.29, 0.717) is 5.69 Å². The average Bonchev–Trinajstić information content (AvgIpc) is 2.33. The third kappa shape index (κ3) is 3.62. The zero-order chi connectivity index (χ0) is 13.5. The van der Waals surface area contributed by atoms with Crippen LogP contribution in [-0.2, 0) is 16.0 Å². The van der Waals surface area contributed by atoms with Gasteiger partial charge >= 0.3 is 5.97 Å². The molecule has 0 atom stereocenters. The molecule has 18 heavy (non-hydrogen) atoms. The molecule has 0 saturated carbocycles. The van der Waals surface area contributed by atoms with Crippen molar-refractivity contribution >= 4 is 5.97 Å². The van der Waals surface area contributed by atoms with Gasteiger partial charge in [0.25, 0.3) is 0 Å². The highest BCUT2D eigenvalue weighted by molar-refractivity contribution is 5.88. The molecule has 0 saturated heterocycles. The van der Waals surface area contributed by atoms with Crippen molar-refractivity contribution in [3.05, 3.63) is 41.3 Å². The van der Waals surface area contributed by atoms with Crippen molar-refractivity contribution in [3.63, 3.8) is 0 Å². The first-order valence-electron chi connectivity index (χ1n) is 5.15. The van der Waals surface area contributed by atoms with Gasteiger partial charge in [0.2, 0.25) is 5.70 Å². The van der Waals surface area contributed by atoms with Crippen LogP contribution in [0.25, 0.3) is 0 Å². The van der Waals surface area contributed by atoms with Gasteiger partial charge < -0.3 is 9.84 Å². The summed E-state index contributed by atoms with van der Waals surface area (Å²) in [7, 11) is 0. The SMILES string of the molecule is CCOC(=O)C(N=N)=C(O)Cc1ccc(F)cn1. The summed E-state index contributed by atoms with van der Waals surface area (Å²) in [5, 5.41) is 12.6. The Hall–Kier alpha value is -2.31. The highest BCUT2D eigenvalue weighted by Gasteiger charge is 2.16. The molecule has 0 aliphatic heterocycles. The zero-order valence-electron chi connectivity index (χ0n) is 9.68. The summed E-state index contributed by atoms with van der Waals surface area (Å²) >= 11 is 0. The van der Waals surface area contributed by atoms with Crippen LogP contribution < -0.4 is 0 Å². The molecule has 0 fully saturated rings. The van der Waals surface area contributed by atoms with Crippen LogP contribution >= 0.6 is 0 Å². The molecule has 0 aromatic carbocycles. The number of carbonyl (C=O) groups excluding carboxylic acids is 1. The Morgan fingerprint density at radius 1 is 1.61 bits per heavy atom. The monoisotopic (exact) mass is 253 g/mol. The number of carbonyl (C=O) groups is 1. The smallest absolute Gasteiger partial charge is 0.362 e. The fraction of sp³-hybridized carbons (Fsp3) is 0.273. The standard InChI is InChI=1S/C11H12FN3O3/c1-2-18-11(17)10(15-13)9(16)5-8-4-3-7(12)6-14-8/h3-4,6,13,16H,2,5H2,1H3. The Morgan fingerprint density at radius 2 is 2.33 bits per heavy atom. The molecule has 0 unspecified atom stereocenters. The van der Waals surface area contributed by atoms with Gasteiger partial charge in [-0.15, -0.1) is 5.11 Å². The Bertz CT molecular complexity index is 471. The van der Waals surface area contributed by atoms with Crippen molar-refractivity contribution in [2.75, 3.05) is 6.61 Å². The predicted octanol–water partition coefficient (Wildman–Crippen LogP) is 2.13. The minimum atomic E-state index is -0.882. The summed E-state index contributed by atoms with van der Waals surface area (Å²) in [4.78, 5) is 15.0. The zero-order valence-corrected chi connectivity index (χ0v) is 9.68. The van der Waals surface area contributed by atoms with Crippen molar-refractivity contribution in [1.29, 1.82) is 5.53 Å². The van der Waals surface area contributed by atoms with E-state index in [1.807, 2.05) is 0 Å². The number of ether oxygens (including phenoxy) is 1. The second-order valence-electron chi connectivity index (χ2n) is 3.27. The molecule has 0 bridgehead atoms. The number of aliphatic hydroxyl groups is 1. The first-order chi connectivity index (χ1) is 8.58. The number of hydrogen-bond donors (Lipinski definition) is 2. The fourth-order valence-corrected chi connectivity index (χ4v) is 1.19. The van der Waals surface area contributed by atoms with Crippen LogP contribution in [0, 0.1) is 11.3 Å². The van der Waals surface area contributed by atoms with Crippen molar-refractivity contribution in [3.8, 4) is 0 Å². The Morgan fingerprint density at radius 3 is 2.83 bits per heavy atom. The van der Waals surface area contributed by atoms with E-state index in [4.69, 9.17) is 5.53 Å². The molecule has 2 N–H and O–H groups in total. The van der Waals surface area contributed by atoms with Gasteiger partial charge in [0, 0.05) is 12.1 Å². The predicted molar refractivity (Wildman–Crippen MR) is 59.3 cm³/mol. The summed E-state index contributed by atoms with van der Waals surface area (Å²) in [5.41, 5.74) is 6.69. The molecule has 1 rings (SSSR count). The largest absolute Gasteiger partial charge is 0.509 e. The lowest BCUT2D eigenvalue weighted by Gasteiger charge is -2.04. The second-order valence-corrected chi connectivity index (χ2v) is 3.27. The second kappa shape index (κ2) is 6.43. The maximum Gasteiger partial charge on any atom is 0.362 e. The fourth-order valence-electron chi connectivity index (χ4n) is 1.19. The van der Waals surface area contributed by atoms with E-state index in [0.717, 1.165) is 6.20 Å². The van der Waals surface area contributed by atoms with Crippen molar-refractivity contribution < 1.29 is 19.0 Å². The topological polar surface area (TPSA) is 95.6 Å². The average molecular weight is 253 g/mol. The molecular formula is C11H12FN3O3. The minimum Gasteiger partial charge on any atom is -0.509 e. The van der Waals surface area contributed by atoms with Gasteiger partial charge in [0.05, 0.1) is 12.8 Å². The Kier molecular flexibility index (Phi) is 4.91. The van der Waals surface area contributed by atoms with Gasteiger partial charge in [-0.1, -0.05) is 0 Å². The summed E-state index contributed by atoms with van der Waals surface area (Å²) in [6, 6.07) is 2.54.